The molecular weight excluding hydrogens is 429 g/mol. The number of likely N-dealkylation sites (tertiary alicyclic amines) is 1. The Bertz CT molecular complexity index is 1050. The predicted molar refractivity (Wildman–Crippen MR) is 139 cm³/mol. The predicted octanol–water partition coefficient (Wildman–Crippen LogP) is 5.92. The zero-order valence-electron chi connectivity index (χ0n) is 20.1. The molecular formula is C27H34FN5O. The van der Waals surface area contributed by atoms with Gasteiger partial charge in [-0.2, -0.15) is 0 Å². The minimum Gasteiger partial charge on any atom is -0.354 e. The van der Waals surface area contributed by atoms with Crippen molar-refractivity contribution in [1.82, 2.24) is 10.2 Å². The molecule has 34 heavy (non-hydrogen) atoms. The number of carbonyl (C=O) groups excluding carboxylic acids is 1. The molecule has 7 heteroatoms. The molecule has 2 aromatic rings. The summed E-state index contributed by atoms with van der Waals surface area (Å²) in [5.41, 5.74) is 2.75. The van der Waals surface area contributed by atoms with E-state index in [0.29, 0.717) is 12.4 Å². The van der Waals surface area contributed by atoms with Crippen molar-refractivity contribution in [1.29, 1.82) is 0 Å². The summed E-state index contributed by atoms with van der Waals surface area (Å²) in [7, 11) is 0. The van der Waals surface area contributed by atoms with Crippen LogP contribution >= 0.6 is 0 Å². The fourth-order valence-electron chi connectivity index (χ4n) is 3.79. The summed E-state index contributed by atoms with van der Waals surface area (Å²) in [6, 6.07) is 13.9. The molecule has 3 N–H and O–H groups in total. The topological polar surface area (TPSA) is 68.8 Å². The van der Waals surface area contributed by atoms with E-state index in [1.807, 2.05) is 56.3 Å². The maximum absolute atomic E-state index is 13.3. The van der Waals surface area contributed by atoms with Crippen LogP contribution in [-0.4, -0.2) is 35.9 Å². The first-order chi connectivity index (χ1) is 16.5. The highest BCUT2D eigenvalue weighted by Gasteiger charge is 2.25. The van der Waals surface area contributed by atoms with Gasteiger partial charge in [-0.1, -0.05) is 32.1 Å². The molecule has 1 unspecified atom stereocenters. The summed E-state index contributed by atoms with van der Waals surface area (Å²) in [6.07, 6.45) is 8.47. The minimum atomic E-state index is -0.276. The smallest absolute Gasteiger partial charge is 0.319 e. The van der Waals surface area contributed by atoms with E-state index in [-0.39, 0.29) is 17.9 Å². The van der Waals surface area contributed by atoms with E-state index in [1.165, 1.54) is 17.7 Å². The lowest BCUT2D eigenvalue weighted by molar-refractivity contribution is 0.248. The van der Waals surface area contributed by atoms with Gasteiger partial charge in [0.05, 0.1) is 0 Å². The number of benzene rings is 2. The van der Waals surface area contributed by atoms with Crippen LogP contribution in [0.25, 0.3) is 0 Å². The van der Waals surface area contributed by atoms with Crippen molar-refractivity contribution in [3.63, 3.8) is 0 Å². The van der Waals surface area contributed by atoms with Gasteiger partial charge in [-0.25, -0.2) is 14.2 Å². The Hall–Kier alpha value is -3.61. The van der Waals surface area contributed by atoms with Crippen molar-refractivity contribution in [3.8, 4) is 0 Å². The number of hydrogen-bond acceptors (Lipinski definition) is 3. The highest BCUT2D eigenvalue weighted by atomic mass is 19.1. The van der Waals surface area contributed by atoms with Crippen LogP contribution in [0.2, 0.25) is 0 Å². The number of aliphatic imine (C=N–C) groups is 1. The number of rotatable bonds is 8. The number of allylic oxidation sites excluding steroid dienone is 2. The average Bonchev–Trinajstić information content (AvgIpc) is 3.28. The molecule has 2 aromatic carbocycles. The van der Waals surface area contributed by atoms with Crippen LogP contribution in [0.3, 0.4) is 0 Å². The Morgan fingerprint density at radius 3 is 2.65 bits per heavy atom. The van der Waals surface area contributed by atoms with E-state index in [1.54, 1.807) is 12.1 Å². The number of aryl methyl sites for hydroxylation is 1. The second-order valence-electron chi connectivity index (χ2n) is 8.18. The zero-order chi connectivity index (χ0) is 24.3. The van der Waals surface area contributed by atoms with Crippen molar-refractivity contribution >= 4 is 23.2 Å². The van der Waals surface area contributed by atoms with Gasteiger partial charge in [0.2, 0.25) is 0 Å². The van der Waals surface area contributed by atoms with E-state index in [4.69, 9.17) is 4.99 Å². The van der Waals surface area contributed by atoms with E-state index in [2.05, 4.69) is 27.8 Å². The number of urea groups is 1. The summed E-state index contributed by atoms with van der Waals surface area (Å²) in [5.74, 6) is 1.24. The zero-order valence-corrected chi connectivity index (χ0v) is 20.1. The fraction of sp³-hybridized carbons (Fsp3) is 0.333. The summed E-state index contributed by atoms with van der Waals surface area (Å²) in [6.45, 7) is 7.54. The van der Waals surface area contributed by atoms with E-state index in [9.17, 15) is 9.18 Å². The Balaban J connectivity index is 1.64. The second kappa shape index (κ2) is 12.6. The van der Waals surface area contributed by atoms with Crippen LogP contribution in [0, 0.1) is 5.82 Å². The minimum absolute atomic E-state index is 0.0217. The second-order valence-corrected chi connectivity index (χ2v) is 8.18. The van der Waals surface area contributed by atoms with Gasteiger partial charge in [0, 0.05) is 30.5 Å². The highest BCUT2D eigenvalue weighted by molar-refractivity contribution is 5.94. The lowest BCUT2D eigenvalue weighted by Crippen LogP contribution is -2.40. The molecule has 3 rings (SSSR count). The van der Waals surface area contributed by atoms with Gasteiger partial charge >= 0.3 is 6.03 Å². The number of hydrogen-bond donors (Lipinski definition) is 3. The normalized spacial score (nSPS) is 16.7. The van der Waals surface area contributed by atoms with Gasteiger partial charge in [-0.05, 0) is 80.3 Å². The molecule has 1 saturated heterocycles. The van der Waals surface area contributed by atoms with Gasteiger partial charge in [0.15, 0.2) is 0 Å². The molecule has 0 bridgehead atoms. The number of nitrogens with zero attached hydrogens (tertiary/aromatic N) is 2. The maximum atomic E-state index is 13.3. The SMILES string of the molecule is C\C=C/C(=N/C(=C/CC)Nc1ccc(F)cc1)N1CCC(NC(=O)Nc2cccc(CC)c2)C1. The molecule has 6 nitrogen and oxygen atoms in total. The lowest BCUT2D eigenvalue weighted by atomic mass is 10.1. The van der Waals surface area contributed by atoms with Gasteiger partial charge < -0.3 is 20.9 Å². The Kier molecular flexibility index (Phi) is 9.26. The molecule has 0 spiro atoms. The Morgan fingerprint density at radius 1 is 1.15 bits per heavy atom. The van der Waals surface area contributed by atoms with Gasteiger partial charge in [-0.3, -0.25) is 0 Å². The van der Waals surface area contributed by atoms with Crippen LogP contribution in [-0.2, 0) is 6.42 Å². The molecule has 1 aliphatic rings. The van der Waals surface area contributed by atoms with E-state index >= 15 is 0 Å². The number of halogens is 1. The first kappa shape index (κ1) is 25.0. The first-order valence-electron chi connectivity index (χ1n) is 11.9. The number of nitrogens with one attached hydrogen (secondary N) is 3. The number of amides is 2. The van der Waals surface area contributed by atoms with Gasteiger partial charge in [-0.15, -0.1) is 0 Å². The molecule has 1 atom stereocenters. The molecule has 2 amide bonds. The summed E-state index contributed by atoms with van der Waals surface area (Å²) in [4.78, 5) is 19.5. The van der Waals surface area contributed by atoms with Gasteiger partial charge in [0.25, 0.3) is 0 Å². The van der Waals surface area contributed by atoms with Crippen LogP contribution in [0.15, 0.2) is 77.6 Å². The van der Waals surface area contributed by atoms with Crippen LogP contribution in [0.1, 0.15) is 39.2 Å². The Labute approximate surface area is 201 Å². The number of anilines is 2. The van der Waals surface area contributed by atoms with Crippen molar-refractivity contribution in [3.05, 3.63) is 84.0 Å². The summed E-state index contributed by atoms with van der Waals surface area (Å²) >= 11 is 0. The molecule has 1 aliphatic heterocycles. The lowest BCUT2D eigenvalue weighted by Gasteiger charge is -2.20. The van der Waals surface area contributed by atoms with Crippen LogP contribution < -0.4 is 16.0 Å². The van der Waals surface area contributed by atoms with Crippen molar-refractivity contribution in [2.75, 3.05) is 23.7 Å². The molecule has 180 valence electrons. The monoisotopic (exact) mass is 463 g/mol. The number of carbonyl (C=O) groups is 1. The number of amidine groups is 1. The fourth-order valence-corrected chi connectivity index (χ4v) is 3.79. The first-order valence-corrected chi connectivity index (χ1v) is 11.9. The average molecular weight is 464 g/mol. The quantitative estimate of drug-likeness (QED) is 0.336. The third-order valence-corrected chi connectivity index (χ3v) is 5.51. The summed E-state index contributed by atoms with van der Waals surface area (Å²) < 4.78 is 13.3. The third kappa shape index (κ3) is 7.47. The molecule has 0 aromatic heterocycles. The maximum Gasteiger partial charge on any atom is 0.319 e. The van der Waals surface area contributed by atoms with Crippen molar-refractivity contribution in [2.45, 2.75) is 46.1 Å². The van der Waals surface area contributed by atoms with Crippen LogP contribution in [0.4, 0.5) is 20.6 Å². The van der Waals surface area contributed by atoms with E-state index in [0.717, 1.165) is 43.0 Å². The van der Waals surface area contributed by atoms with E-state index < -0.39 is 0 Å². The molecule has 0 radical (unpaired) electrons. The third-order valence-electron chi connectivity index (χ3n) is 5.51. The van der Waals surface area contributed by atoms with Gasteiger partial charge in [0.1, 0.15) is 17.5 Å². The highest BCUT2D eigenvalue weighted by Crippen LogP contribution is 2.17. The standard InChI is InChI=1S/C27H34FN5O/c1-4-8-25(29-22-14-12-21(28)13-15-22)32-26(9-5-2)33-17-16-24(19-33)31-27(34)30-23-11-7-10-20(6-3)18-23/h5,7-15,18,24,29H,4,6,16-17,19H2,1-3H3,(H2,30,31,34)/b9-5-,25-8+,32-26-. The van der Waals surface area contributed by atoms with Crippen molar-refractivity contribution in [2.24, 2.45) is 4.99 Å². The van der Waals surface area contributed by atoms with Crippen molar-refractivity contribution < 1.29 is 9.18 Å². The molecule has 1 heterocycles. The van der Waals surface area contributed by atoms with Crippen LogP contribution in [0.5, 0.6) is 0 Å². The Morgan fingerprint density at radius 2 is 1.94 bits per heavy atom. The molecule has 1 fully saturated rings. The molecule has 0 saturated carbocycles. The summed E-state index contributed by atoms with van der Waals surface area (Å²) in [5, 5.41) is 9.28. The molecule has 0 aliphatic carbocycles. The largest absolute Gasteiger partial charge is 0.354 e.